The number of hydrogen-bond acceptors (Lipinski definition) is 2. The summed E-state index contributed by atoms with van der Waals surface area (Å²) in [6.45, 7) is 1.58. The van der Waals surface area contributed by atoms with E-state index in [1.165, 1.54) is 0 Å². The van der Waals surface area contributed by atoms with Gasteiger partial charge >= 0.3 is 0 Å². The molecule has 1 saturated heterocycles. The smallest absolute Gasteiger partial charge is 0.271 e. The van der Waals surface area contributed by atoms with Crippen molar-refractivity contribution < 1.29 is 5.03 Å². The molecule has 0 aromatic heterocycles. The lowest BCUT2D eigenvalue weighted by Gasteiger charge is -2.24. The first-order chi connectivity index (χ1) is 5.20. The molecule has 0 aromatic rings. The fourth-order valence-electron chi connectivity index (χ4n) is 0.946. The van der Waals surface area contributed by atoms with Crippen molar-refractivity contribution in [2.24, 2.45) is 5.10 Å². The van der Waals surface area contributed by atoms with Crippen molar-refractivity contribution in [3.05, 3.63) is 10.1 Å². The lowest BCUT2D eigenvalue weighted by molar-refractivity contribution is -0.486. The fourth-order valence-corrected chi connectivity index (χ4v) is 0.946. The lowest BCUT2D eigenvalue weighted by Crippen LogP contribution is -2.45. The van der Waals surface area contributed by atoms with Gasteiger partial charge in [-0.15, -0.1) is 0 Å². The molecule has 1 rings (SSSR count). The molecule has 0 amide bonds. The standard InChI is InChI=1S/C5H10N4O2/c1-8-4-2-3-6-5(8)7-9(10)11/h2-4H2,1H3,(H,6,7). The van der Waals surface area contributed by atoms with Crippen LogP contribution < -0.4 is 5.32 Å². The van der Waals surface area contributed by atoms with Gasteiger partial charge in [-0.2, -0.15) is 0 Å². The van der Waals surface area contributed by atoms with Crippen LogP contribution in [0.5, 0.6) is 0 Å². The molecule has 1 aliphatic heterocycles. The molecule has 1 fully saturated rings. The Bertz CT molecular complexity index is 191. The zero-order valence-electron chi connectivity index (χ0n) is 6.28. The Labute approximate surface area is 64.0 Å². The van der Waals surface area contributed by atoms with Crippen molar-refractivity contribution >= 4 is 5.96 Å². The van der Waals surface area contributed by atoms with Crippen molar-refractivity contribution in [1.82, 2.24) is 10.2 Å². The second-order valence-electron chi connectivity index (χ2n) is 2.36. The highest BCUT2D eigenvalue weighted by Crippen LogP contribution is 1.94. The van der Waals surface area contributed by atoms with E-state index in [9.17, 15) is 10.1 Å². The molecule has 0 unspecified atom stereocenters. The Morgan fingerprint density at radius 3 is 3.09 bits per heavy atom. The Balaban J connectivity index is 2.60. The second kappa shape index (κ2) is 3.18. The molecule has 1 heterocycles. The van der Waals surface area contributed by atoms with Crippen LogP contribution in [0.25, 0.3) is 0 Å². The van der Waals surface area contributed by atoms with Gasteiger partial charge in [0.1, 0.15) is 5.10 Å². The van der Waals surface area contributed by atoms with Crippen LogP contribution in [-0.2, 0) is 0 Å². The van der Waals surface area contributed by atoms with E-state index in [4.69, 9.17) is 0 Å². The van der Waals surface area contributed by atoms with Gasteiger partial charge in [-0.25, -0.2) is 10.1 Å². The van der Waals surface area contributed by atoms with Gasteiger partial charge in [0.25, 0.3) is 5.96 Å². The number of rotatable bonds is 1. The molecular formula is C5H10N4O2. The van der Waals surface area contributed by atoms with Gasteiger partial charge in [0.05, 0.1) is 0 Å². The predicted octanol–water partition coefficient (Wildman–Crippen LogP) is -0.541. The van der Waals surface area contributed by atoms with E-state index in [1.807, 2.05) is 0 Å². The summed E-state index contributed by atoms with van der Waals surface area (Å²) in [4.78, 5) is 11.7. The molecule has 0 aliphatic carbocycles. The highest BCUT2D eigenvalue weighted by Gasteiger charge is 2.14. The van der Waals surface area contributed by atoms with E-state index < -0.39 is 5.03 Å². The van der Waals surface area contributed by atoms with Gasteiger partial charge in [-0.3, -0.25) is 0 Å². The van der Waals surface area contributed by atoms with Gasteiger partial charge in [0.2, 0.25) is 0 Å². The minimum absolute atomic E-state index is 0.348. The molecule has 1 aliphatic rings. The number of nitrogens with zero attached hydrogens (tertiary/aromatic N) is 3. The molecule has 0 spiro atoms. The van der Waals surface area contributed by atoms with Crippen LogP contribution in [0.1, 0.15) is 6.42 Å². The molecule has 0 bridgehead atoms. The number of nitro groups is 1. The molecule has 0 aromatic carbocycles. The molecule has 0 radical (unpaired) electrons. The normalized spacial score (nSPS) is 21.5. The number of hydrazone groups is 1. The summed E-state index contributed by atoms with van der Waals surface area (Å²) in [5.41, 5.74) is 0. The minimum atomic E-state index is -0.690. The maximum Gasteiger partial charge on any atom is 0.271 e. The van der Waals surface area contributed by atoms with Crippen LogP contribution in [0, 0.1) is 10.1 Å². The monoisotopic (exact) mass is 158 g/mol. The maximum absolute atomic E-state index is 9.96. The first-order valence-corrected chi connectivity index (χ1v) is 3.38. The average molecular weight is 158 g/mol. The van der Waals surface area contributed by atoms with E-state index >= 15 is 0 Å². The zero-order chi connectivity index (χ0) is 8.27. The highest BCUT2D eigenvalue weighted by molar-refractivity contribution is 5.79. The SMILES string of the molecule is CN1CCCN/C1=N\[N+](=O)[O-]. The zero-order valence-corrected chi connectivity index (χ0v) is 6.28. The third kappa shape index (κ3) is 2.06. The molecule has 0 saturated carbocycles. The molecule has 1 N–H and O–H groups in total. The summed E-state index contributed by atoms with van der Waals surface area (Å²) in [5, 5.41) is 15.3. The average Bonchev–Trinajstić information content (AvgIpc) is 1.93. The molecule has 6 heteroatoms. The lowest BCUT2D eigenvalue weighted by atomic mass is 10.3. The van der Waals surface area contributed by atoms with Crippen LogP contribution in [0.15, 0.2) is 5.10 Å². The third-order valence-electron chi connectivity index (χ3n) is 1.49. The van der Waals surface area contributed by atoms with E-state index in [0.717, 1.165) is 19.5 Å². The Morgan fingerprint density at radius 1 is 1.82 bits per heavy atom. The largest absolute Gasteiger partial charge is 0.351 e. The molecule has 62 valence electrons. The molecular weight excluding hydrogens is 148 g/mol. The van der Waals surface area contributed by atoms with Crippen LogP contribution in [-0.4, -0.2) is 36.0 Å². The maximum atomic E-state index is 9.96. The Kier molecular flexibility index (Phi) is 2.25. The van der Waals surface area contributed by atoms with E-state index in [0.29, 0.717) is 5.96 Å². The topological polar surface area (TPSA) is 70.8 Å². The van der Waals surface area contributed by atoms with E-state index in [-0.39, 0.29) is 0 Å². The van der Waals surface area contributed by atoms with Gasteiger partial charge in [0, 0.05) is 20.1 Å². The van der Waals surface area contributed by atoms with Crippen molar-refractivity contribution in [3.8, 4) is 0 Å². The van der Waals surface area contributed by atoms with Crippen molar-refractivity contribution in [1.29, 1.82) is 0 Å². The van der Waals surface area contributed by atoms with Crippen LogP contribution in [0.2, 0.25) is 0 Å². The summed E-state index contributed by atoms with van der Waals surface area (Å²) in [6.07, 6.45) is 0.993. The van der Waals surface area contributed by atoms with Gasteiger partial charge < -0.3 is 10.2 Å². The summed E-state index contributed by atoms with van der Waals surface area (Å²) >= 11 is 0. The third-order valence-corrected chi connectivity index (χ3v) is 1.49. The fraction of sp³-hybridized carbons (Fsp3) is 0.800. The summed E-state index contributed by atoms with van der Waals surface area (Å²) in [5.74, 6) is 0.348. The van der Waals surface area contributed by atoms with E-state index in [2.05, 4.69) is 10.4 Å². The van der Waals surface area contributed by atoms with E-state index in [1.54, 1.807) is 11.9 Å². The number of hydrogen-bond donors (Lipinski definition) is 1. The first kappa shape index (κ1) is 7.77. The van der Waals surface area contributed by atoms with Gasteiger partial charge in [-0.1, -0.05) is 0 Å². The summed E-state index contributed by atoms with van der Waals surface area (Å²) in [6, 6.07) is 0. The second-order valence-corrected chi connectivity index (χ2v) is 2.36. The van der Waals surface area contributed by atoms with Crippen molar-refractivity contribution in [2.45, 2.75) is 6.42 Å². The summed E-state index contributed by atoms with van der Waals surface area (Å²) < 4.78 is 0. The predicted molar refractivity (Wildman–Crippen MR) is 39.7 cm³/mol. The Hall–Kier alpha value is -1.33. The van der Waals surface area contributed by atoms with Crippen molar-refractivity contribution in [3.63, 3.8) is 0 Å². The molecule has 11 heavy (non-hydrogen) atoms. The first-order valence-electron chi connectivity index (χ1n) is 3.38. The molecule has 0 atom stereocenters. The molecule has 6 nitrogen and oxygen atoms in total. The number of guanidine groups is 1. The van der Waals surface area contributed by atoms with Crippen LogP contribution in [0.3, 0.4) is 0 Å². The highest BCUT2D eigenvalue weighted by atomic mass is 16.7. The Morgan fingerprint density at radius 2 is 2.55 bits per heavy atom. The summed E-state index contributed by atoms with van der Waals surface area (Å²) in [7, 11) is 1.77. The van der Waals surface area contributed by atoms with Crippen LogP contribution in [0.4, 0.5) is 0 Å². The minimum Gasteiger partial charge on any atom is -0.351 e. The number of nitrogens with one attached hydrogen (secondary N) is 1. The van der Waals surface area contributed by atoms with Gasteiger partial charge in [0.15, 0.2) is 5.03 Å². The van der Waals surface area contributed by atoms with Gasteiger partial charge in [-0.05, 0) is 6.42 Å². The van der Waals surface area contributed by atoms with Crippen molar-refractivity contribution in [2.75, 3.05) is 20.1 Å². The van der Waals surface area contributed by atoms with Crippen LogP contribution >= 0.6 is 0 Å². The quantitative estimate of drug-likeness (QED) is 0.411.